The summed E-state index contributed by atoms with van der Waals surface area (Å²) < 4.78 is 7.63. The van der Waals surface area contributed by atoms with Crippen LogP contribution in [-0.4, -0.2) is 79.1 Å². The molecule has 0 N–H and O–H groups in total. The highest BCUT2D eigenvalue weighted by Crippen LogP contribution is 2.20. The van der Waals surface area contributed by atoms with Crippen LogP contribution in [-0.2, 0) is 16.1 Å². The molecule has 3 aromatic rings. The van der Waals surface area contributed by atoms with E-state index in [1.165, 1.54) is 15.6 Å². The molecule has 0 atom stereocenters. The number of carbonyl (C=O) groups excluding carboxylic acids is 2. The lowest BCUT2D eigenvalue weighted by Crippen LogP contribution is -2.51. The summed E-state index contributed by atoms with van der Waals surface area (Å²) in [5, 5.41) is 8.56. The van der Waals surface area contributed by atoms with Crippen LogP contribution in [0.5, 0.6) is 0 Å². The molecule has 1 saturated heterocycles. The molecule has 168 valence electrons. The molecule has 1 aromatic carbocycles. The fraction of sp³-hybridized carbons (Fsp3) is 0.400. The van der Waals surface area contributed by atoms with E-state index in [-0.39, 0.29) is 29.7 Å². The van der Waals surface area contributed by atoms with Gasteiger partial charge in [-0.05, 0) is 31.5 Å². The highest BCUT2D eigenvalue weighted by molar-refractivity contribution is 6.31. The lowest BCUT2D eigenvalue weighted by molar-refractivity contribution is -0.133. The van der Waals surface area contributed by atoms with E-state index in [9.17, 15) is 14.4 Å². The van der Waals surface area contributed by atoms with Gasteiger partial charge in [-0.1, -0.05) is 22.9 Å². The fourth-order valence-corrected chi connectivity index (χ4v) is 3.62. The molecule has 32 heavy (non-hydrogen) atoms. The first-order valence-corrected chi connectivity index (χ1v) is 10.5. The number of carbonyl (C=O) groups is 2. The van der Waals surface area contributed by atoms with E-state index in [2.05, 4.69) is 15.3 Å². The number of piperazine rings is 1. The van der Waals surface area contributed by atoms with E-state index in [0.717, 1.165) is 5.56 Å². The first-order chi connectivity index (χ1) is 15.4. The number of benzene rings is 1. The Balaban J connectivity index is 1.49. The second-order valence-corrected chi connectivity index (χ2v) is 7.76. The van der Waals surface area contributed by atoms with Crippen LogP contribution in [0.1, 0.15) is 12.5 Å². The summed E-state index contributed by atoms with van der Waals surface area (Å²) in [6, 6.07) is 5.37. The van der Waals surface area contributed by atoms with Crippen molar-refractivity contribution in [3.05, 3.63) is 45.5 Å². The topological polar surface area (TPSA) is 115 Å². The molecule has 0 aliphatic carbocycles. The van der Waals surface area contributed by atoms with Crippen molar-refractivity contribution in [1.82, 2.24) is 34.3 Å². The smallest absolute Gasteiger partial charge is 0.409 e. The average Bonchev–Trinajstić information content (AvgIpc) is 3.22. The summed E-state index contributed by atoms with van der Waals surface area (Å²) in [7, 11) is 0. The van der Waals surface area contributed by atoms with Gasteiger partial charge in [-0.3, -0.25) is 14.2 Å². The second kappa shape index (κ2) is 8.95. The van der Waals surface area contributed by atoms with E-state index >= 15 is 0 Å². The Labute approximate surface area is 188 Å². The Morgan fingerprint density at radius 2 is 1.88 bits per heavy atom. The quantitative estimate of drug-likeness (QED) is 0.576. The van der Waals surface area contributed by atoms with Crippen molar-refractivity contribution in [3.63, 3.8) is 0 Å². The number of nitrogens with zero attached hydrogens (tertiary/aromatic N) is 7. The van der Waals surface area contributed by atoms with Gasteiger partial charge in [0.05, 0.1) is 12.3 Å². The number of halogens is 1. The molecule has 1 aliphatic heterocycles. The molecule has 3 heterocycles. The number of hydrogen-bond donors (Lipinski definition) is 0. The number of rotatable bonds is 4. The highest BCUT2D eigenvalue weighted by Gasteiger charge is 2.25. The van der Waals surface area contributed by atoms with Gasteiger partial charge in [-0.15, -0.1) is 5.10 Å². The van der Waals surface area contributed by atoms with Crippen molar-refractivity contribution in [2.45, 2.75) is 20.4 Å². The summed E-state index contributed by atoms with van der Waals surface area (Å²) in [4.78, 5) is 44.8. The number of aromatic nitrogens is 5. The molecule has 2 amide bonds. The van der Waals surface area contributed by atoms with Crippen molar-refractivity contribution >= 4 is 34.8 Å². The van der Waals surface area contributed by atoms with E-state index in [0.29, 0.717) is 43.5 Å². The lowest BCUT2D eigenvalue weighted by Gasteiger charge is -2.34. The molecule has 0 radical (unpaired) electrons. The summed E-state index contributed by atoms with van der Waals surface area (Å²) in [6.45, 7) is 5.25. The number of fused-ring (bicyclic) bond motifs is 1. The molecule has 12 heteroatoms. The summed E-state index contributed by atoms with van der Waals surface area (Å²) in [6.07, 6.45) is 0.927. The Hall–Kier alpha value is -3.47. The molecule has 1 aliphatic rings. The van der Waals surface area contributed by atoms with Gasteiger partial charge in [0, 0.05) is 31.2 Å². The maximum atomic E-state index is 12.9. The summed E-state index contributed by atoms with van der Waals surface area (Å²) >= 11 is 6.19. The summed E-state index contributed by atoms with van der Waals surface area (Å²) in [5.41, 5.74) is 1.42. The summed E-state index contributed by atoms with van der Waals surface area (Å²) in [5.74, 6) is -0.241. The van der Waals surface area contributed by atoms with Gasteiger partial charge < -0.3 is 14.5 Å². The molecule has 0 bridgehead atoms. The molecule has 0 saturated carbocycles. The highest BCUT2D eigenvalue weighted by atomic mass is 35.5. The molecule has 11 nitrogen and oxygen atoms in total. The monoisotopic (exact) mass is 459 g/mol. The van der Waals surface area contributed by atoms with Gasteiger partial charge in [-0.2, -0.15) is 4.68 Å². The maximum absolute atomic E-state index is 12.9. The third kappa shape index (κ3) is 4.15. The number of amides is 2. The molecular formula is C20H22ClN7O4. The molecule has 2 aromatic heterocycles. The predicted octanol–water partition coefficient (Wildman–Crippen LogP) is 1.24. The van der Waals surface area contributed by atoms with Crippen LogP contribution in [0.4, 0.5) is 4.79 Å². The van der Waals surface area contributed by atoms with Crippen LogP contribution in [0, 0.1) is 6.92 Å². The van der Waals surface area contributed by atoms with Gasteiger partial charge in [-0.25, -0.2) is 9.78 Å². The predicted molar refractivity (Wildman–Crippen MR) is 116 cm³/mol. The Morgan fingerprint density at radius 1 is 1.16 bits per heavy atom. The Bertz CT molecular complexity index is 1230. The van der Waals surface area contributed by atoms with Gasteiger partial charge in [0.1, 0.15) is 12.9 Å². The van der Waals surface area contributed by atoms with E-state index < -0.39 is 5.56 Å². The average molecular weight is 460 g/mol. The zero-order valence-electron chi connectivity index (χ0n) is 17.7. The van der Waals surface area contributed by atoms with Crippen LogP contribution in [0.25, 0.3) is 16.9 Å². The SMILES string of the molecule is CCOC(=O)N1CCN(C(=O)Cn2cnc3c(nnn3-c3ccc(C)c(Cl)c3)c2=O)CC1. The standard InChI is InChI=1S/C20H22ClN7O4/c1-3-32-20(31)26-8-6-25(7-9-26)16(29)11-27-12-22-18-17(19(27)30)23-24-28(18)14-5-4-13(2)15(21)10-14/h4-5,10,12H,3,6-9,11H2,1-2H3. The number of ether oxygens (including phenoxy) is 1. The first-order valence-electron chi connectivity index (χ1n) is 10.2. The zero-order chi connectivity index (χ0) is 22.8. The van der Waals surface area contributed by atoms with Crippen LogP contribution in [0.15, 0.2) is 29.3 Å². The number of hydrogen-bond acceptors (Lipinski definition) is 7. The van der Waals surface area contributed by atoms with Crippen LogP contribution >= 0.6 is 11.6 Å². The van der Waals surface area contributed by atoms with Crippen molar-refractivity contribution < 1.29 is 14.3 Å². The first kappa shape index (κ1) is 21.8. The zero-order valence-corrected chi connectivity index (χ0v) is 18.4. The maximum Gasteiger partial charge on any atom is 0.409 e. The Morgan fingerprint density at radius 3 is 2.56 bits per heavy atom. The molecule has 1 fully saturated rings. The van der Waals surface area contributed by atoms with Gasteiger partial charge >= 0.3 is 6.09 Å². The Kier molecular flexibility index (Phi) is 6.08. The molecule has 4 rings (SSSR count). The van der Waals surface area contributed by atoms with Crippen molar-refractivity contribution in [2.24, 2.45) is 0 Å². The van der Waals surface area contributed by atoms with Gasteiger partial charge in [0.25, 0.3) is 5.56 Å². The third-order valence-corrected chi connectivity index (χ3v) is 5.70. The largest absolute Gasteiger partial charge is 0.450 e. The van der Waals surface area contributed by atoms with Gasteiger partial charge in [0.15, 0.2) is 11.2 Å². The van der Waals surface area contributed by atoms with E-state index in [1.807, 2.05) is 19.1 Å². The second-order valence-electron chi connectivity index (χ2n) is 7.35. The fourth-order valence-electron chi connectivity index (χ4n) is 3.44. The minimum Gasteiger partial charge on any atom is -0.450 e. The van der Waals surface area contributed by atoms with Gasteiger partial charge in [0.2, 0.25) is 5.91 Å². The molecule has 0 spiro atoms. The van der Waals surface area contributed by atoms with Crippen LogP contribution in [0.3, 0.4) is 0 Å². The molecule has 0 unspecified atom stereocenters. The van der Waals surface area contributed by atoms with E-state index in [1.54, 1.807) is 22.8 Å². The number of aryl methyl sites for hydroxylation is 1. The van der Waals surface area contributed by atoms with Crippen molar-refractivity contribution in [2.75, 3.05) is 32.8 Å². The van der Waals surface area contributed by atoms with Crippen molar-refractivity contribution in [3.8, 4) is 5.69 Å². The van der Waals surface area contributed by atoms with E-state index in [4.69, 9.17) is 16.3 Å². The van der Waals surface area contributed by atoms with Crippen LogP contribution < -0.4 is 5.56 Å². The minimum atomic E-state index is -0.460. The van der Waals surface area contributed by atoms with Crippen molar-refractivity contribution in [1.29, 1.82) is 0 Å². The molecular weight excluding hydrogens is 438 g/mol. The minimum absolute atomic E-state index is 0.0594. The third-order valence-electron chi connectivity index (χ3n) is 5.29. The van der Waals surface area contributed by atoms with Crippen LogP contribution in [0.2, 0.25) is 5.02 Å². The lowest BCUT2D eigenvalue weighted by atomic mass is 10.2. The normalized spacial score (nSPS) is 14.1.